The van der Waals surface area contributed by atoms with E-state index in [4.69, 9.17) is 5.11 Å². The van der Waals surface area contributed by atoms with Crippen LogP contribution in [0.15, 0.2) is 0 Å². The minimum Gasteiger partial charge on any atom is -0.481 e. The van der Waals surface area contributed by atoms with Crippen molar-refractivity contribution in [1.29, 1.82) is 0 Å². The molecule has 0 aromatic heterocycles. The topological polar surface area (TPSA) is 37.3 Å². The molecule has 2 nitrogen and oxygen atoms in total. The van der Waals surface area contributed by atoms with Gasteiger partial charge in [0.2, 0.25) is 0 Å². The summed E-state index contributed by atoms with van der Waals surface area (Å²) >= 11 is 0. The second kappa shape index (κ2) is 2.60. The first kappa shape index (κ1) is 7.58. The molecule has 1 fully saturated rings. The van der Waals surface area contributed by atoms with Gasteiger partial charge in [0.05, 0.1) is 5.92 Å². The minimum atomic E-state index is -0.654. The van der Waals surface area contributed by atoms with E-state index in [0.717, 1.165) is 12.3 Å². The number of hydrogen-bond donors (Lipinski definition) is 1. The molecule has 3 unspecified atom stereocenters. The lowest BCUT2D eigenvalue weighted by molar-refractivity contribution is -0.141. The van der Waals surface area contributed by atoms with Crippen LogP contribution in [0, 0.1) is 17.8 Å². The van der Waals surface area contributed by atoms with Gasteiger partial charge in [-0.1, -0.05) is 13.8 Å². The second-order valence-corrected chi connectivity index (χ2v) is 3.45. The van der Waals surface area contributed by atoms with Gasteiger partial charge in [0, 0.05) is 0 Å². The third-order valence-electron chi connectivity index (χ3n) is 2.35. The lowest BCUT2D eigenvalue weighted by Crippen LogP contribution is -2.09. The van der Waals surface area contributed by atoms with Crippen LogP contribution in [0.3, 0.4) is 0 Å². The molecule has 0 saturated heterocycles. The Kier molecular flexibility index (Phi) is 1.97. The maximum Gasteiger partial charge on any atom is 0.306 e. The Bertz CT molecular complexity index is 142. The van der Waals surface area contributed by atoms with Crippen LogP contribution in [-0.4, -0.2) is 11.1 Å². The first-order valence-electron chi connectivity index (χ1n) is 3.84. The summed E-state index contributed by atoms with van der Waals surface area (Å²) in [4.78, 5) is 10.4. The fourth-order valence-corrected chi connectivity index (χ4v) is 1.28. The lowest BCUT2D eigenvalue weighted by Gasteiger charge is -2.02. The van der Waals surface area contributed by atoms with Gasteiger partial charge in [-0.25, -0.2) is 0 Å². The van der Waals surface area contributed by atoms with E-state index < -0.39 is 5.97 Å². The summed E-state index contributed by atoms with van der Waals surface area (Å²) in [5.41, 5.74) is 0. The van der Waals surface area contributed by atoms with Crippen LogP contribution >= 0.6 is 0 Å². The molecule has 1 rings (SSSR count). The van der Waals surface area contributed by atoms with Gasteiger partial charge in [-0.15, -0.1) is 0 Å². The molecule has 0 spiro atoms. The predicted molar refractivity (Wildman–Crippen MR) is 38.7 cm³/mol. The summed E-state index contributed by atoms with van der Waals surface area (Å²) in [6, 6.07) is 0. The van der Waals surface area contributed by atoms with Crippen molar-refractivity contribution >= 4 is 5.97 Å². The van der Waals surface area contributed by atoms with Crippen molar-refractivity contribution < 1.29 is 9.90 Å². The van der Waals surface area contributed by atoms with Crippen molar-refractivity contribution in [2.24, 2.45) is 17.8 Å². The molecule has 0 radical (unpaired) electrons. The highest BCUT2D eigenvalue weighted by atomic mass is 16.4. The Morgan fingerprint density at radius 1 is 1.80 bits per heavy atom. The third-order valence-corrected chi connectivity index (χ3v) is 2.35. The van der Waals surface area contributed by atoms with E-state index in [9.17, 15) is 4.79 Å². The van der Waals surface area contributed by atoms with E-state index in [-0.39, 0.29) is 5.92 Å². The van der Waals surface area contributed by atoms with Crippen LogP contribution in [0.2, 0.25) is 0 Å². The smallest absolute Gasteiger partial charge is 0.306 e. The van der Waals surface area contributed by atoms with Gasteiger partial charge in [0.15, 0.2) is 0 Å². The van der Waals surface area contributed by atoms with E-state index in [1.807, 2.05) is 0 Å². The Balaban J connectivity index is 2.19. The maximum atomic E-state index is 10.4. The molecule has 0 aliphatic heterocycles. The Morgan fingerprint density at radius 2 is 2.30 bits per heavy atom. The molecule has 0 heterocycles. The van der Waals surface area contributed by atoms with Gasteiger partial charge < -0.3 is 5.11 Å². The molecular weight excluding hydrogens is 128 g/mol. The second-order valence-electron chi connectivity index (χ2n) is 3.45. The summed E-state index contributed by atoms with van der Waals surface area (Å²) in [5, 5.41) is 8.54. The van der Waals surface area contributed by atoms with Crippen molar-refractivity contribution in [2.75, 3.05) is 0 Å². The van der Waals surface area contributed by atoms with Gasteiger partial charge in [0.1, 0.15) is 0 Å². The summed E-state index contributed by atoms with van der Waals surface area (Å²) in [7, 11) is 0. The first-order valence-corrected chi connectivity index (χ1v) is 3.84. The van der Waals surface area contributed by atoms with Crippen LogP contribution < -0.4 is 0 Å². The van der Waals surface area contributed by atoms with E-state index in [0.29, 0.717) is 5.92 Å². The van der Waals surface area contributed by atoms with Crippen molar-refractivity contribution in [1.82, 2.24) is 0 Å². The van der Waals surface area contributed by atoms with E-state index in [1.54, 1.807) is 6.92 Å². The molecule has 0 bridgehead atoms. The van der Waals surface area contributed by atoms with Crippen molar-refractivity contribution in [3.05, 3.63) is 0 Å². The predicted octanol–water partition coefficient (Wildman–Crippen LogP) is 1.75. The molecule has 3 atom stereocenters. The number of carboxylic acid groups (broad SMARTS) is 1. The molecule has 2 heteroatoms. The van der Waals surface area contributed by atoms with Gasteiger partial charge >= 0.3 is 5.97 Å². The molecule has 58 valence electrons. The Labute approximate surface area is 61.2 Å². The van der Waals surface area contributed by atoms with Crippen LogP contribution in [-0.2, 0) is 4.79 Å². The summed E-state index contributed by atoms with van der Waals surface area (Å²) in [6.07, 6.45) is 2.11. The number of hydrogen-bond acceptors (Lipinski definition) is 1. The fraction of sp³-hybridized carbons (Fsp3) is 0.875. The van der Waals surface area contributed by atoms with Crippen LogP contribution in [0.4, 0.5) is 0 Å². The zero-order valence-electron chi connectivity index (χ0n) is 6.50. The van der Waals surface area contributed by atoms with Gasteiger partial charge in [-0.3, -0.25) is 4.79 Å². The molecule has 1 aliphatic carbocycles. The van der Waals surface area contributed by atoms with E-state index in [1.165, 1.54) is 6.42 Å². The molecule has 10 heavy (non-hydrogen) atoms. The Morgan fingerprint density at radius 3 is 2.60 bits per heavy atom. The van der Waals surface area contributed by atoms with Crippen molar-refractivity contribution in [3.63, 3.8) is 0 Å². The van der Waals surface area contributed by atoms with Gasteiger partial charge in [-0.05, 0) is 24.7 Å². The van der Waals surface area contributed by atoms with Gasteiger partial charge in [0.25, 0.3) is 0 Å². The maximum absolute atomic E-state index is 10.4. The van der Waals surface area contributed by atoms with Gasteiger partial charge in [-0.2, -0.15) is 0 Å². The first-order chi connectivity index (χ1) is 4.61. The Hall–Kier alpha value is -0.530. The van der Waals surface area contributed by atoms with E-state index in [2.05, 4.69) is 6.92 Å². The monoisotopic (exact) mass is 142 g/mol. The molecular formula is C8H14O2. The number of carboxylic acids is 1. The summed E-state index contributed by atoms with van der Waals surface area (Å²) in [6.45, 7) is 3.96. The minimum absolute atomic E-state index is 0.144. The number of aliphatic carboxylic acids is 1. The SMILES string of the molecule is CC(CC1CC1C)C(=O)O. The normalized spacial score (nSPS) is 33.4. The van der Waals surface area contributed by atoms with Crippen LogP contribution in [0.5, 0.6) is 0 Å². The standard InChI is InChI=1S/C8H14O2/c1-5-3-7(5)4-6(2)8(9)10/h5-7H,3-4H2,1-2H3,(H,9,10). The molecule has 0 aromatic carbocycles. The molecule has 0 amide bonds. The van der Waals surface area contributed by atoms with Crippen LogP contribution in [0.1, 0.15) is 26.7 Å². The zero-order chi connectivity index (χ0) is 7.72. The highest BCUT2D eigenvalue weighted by Crippen LogP contribution is 2.42. The van der Waals surface area contributed by atoms with Crippen molar-refractivity contribution in [2.45, 2.75) is 26.7 Å². The molecule has 0 aromatic rings. The molecule has 1 N–H and O–H groups in total. The third kappa shape index (κ3) is 1.72. The zero-order valence-corrected chi connectivity index (χ0v) is 6.50. The largest absolute Gasteiger partial charge is 0.481 e. The molecule has 1 aliphatic rings. The highest BCUT2D eigenvalue weighted by Gasteiger charge is 2.34. The lowest BCUT2D eigenvalue weighted by atomic mass is 10.0. The number of carbonyl (C=O) groups is 1. The quantitative estimate of drug-likeness (QED) is 0.651. The van der Waals surface area contributed by atoms with E-state index >= 15 is 0 Å². The average Bonchev–Trinajstić information content (AvgIpc) is 2.46. The highest BCUT2D eigenvalue weighted by molar-refractivity contribution is 5.69. The average molecular weight is 142 g/mol. The van der Waals surface area contributed by atoms with Crippen LogP contribution in [0.25, 0.3) is 0 Å². The number of rotatable bonds is 3. The molecule has 1 saturated carbocycles. The summed E-state index contributed by atoms with van der Waals surface area (Å²) < 4.78 is 0. The summed E-state index contributed by atoms with van der Waals surface area (Å²) in [5.74, 6) is 0.682. The fourth-order valence-electron chi connectivity index (χ4n) is 1.28. The van der Waals surface area contributed by atoms with Crippen molar-refractivity contribution in [3.8, 4) is 0 Å².